The number of aromatic nitrogens is 2. The Bertz CT molecular complexity index is 948. The van der Waals surface area contributed by atoms with Gasteiger partial charge in [-0.05, 0) is 56.1 Å². The summed E-state index contributed by atoms with van der Waals surface area (Å²) in [5.41, 5.74) is 3.74. The van der Waals surface area contributed by atoms with E-state index in [1.165, 1.54) is 5.56 Å². The van der Waals surface area contributed by atoms with Gasteiger partial charge in [0, 0.05) is 25.4 Å². The Kier molecular flexibility index (Phi) is 6.24. The number of nitrogens with zero attached hydrogens (tertiary/aromatic N) is 3. The lowest BCUT2D eigenvalue weighted by Gasteiger charge is -2.21. The van der Waals surface area contributed by atoms with Gasteiger partial charge in [0.1, 0.15) is 11.4 Å². The molecule has 5 heteroatoms. The Morgan fingerprint density at radius 1 is 1.11 bits per heavy atom. The van der Waals surface area contributed by atoms with Gasteiger partial charge in [-0.25, -0.2) is 4.98 Å². The lowest BCUT2D eigenvalue weighted by atomic mass is 10.2. The molecule has 0 saturated heterocycles. The molecule has 142 valence electrons. The highest BCUT2D eigenvalue weighted by molar-refractivity contribution is 5.46. The van der Waals surface area contributed by atoms with Crippen LogP contribution in [0.1, 0.15) is 37.1 Å². The fourth-order valence-corrected chi connectivity index (χ4v) is 3.27. The van der Waals surface area contributed by atoms with Crippen LogP contribution in [-0.4, -0.2) is 27.4 Å². The SMILES string of the molecule is CCCN(Cc1ccc(OCC)cc1)Cc1cc(=O)n2cccc(C)c2n1. The van der Waals surface area contributed by atoms with E-state index >= 15 is 0 Å². The standard InChI is InChI=1S/C22H27N3O2/c1-4-12-24(15-18-8-10-20(11-9-18)27-5-2)16-19-14-21(26)25-13-6-7-17(3)22(25)23-19/h6-11,13-14H,4-5,12,15-16H2,1-3H3. The molecule has 0 bridgehead atoms. The Balaban J connectivity index is 1.80. The van der Waals surface area contributed by atoms with Gasteiger partial charge >= 0.3 is 0 Å². The van der Waals surface area contributed by atoms with Crippen LogP contribution in [0.25, 0.3) is 5.65 Å². The Morgan fingerprint density at radius 3 is 2.59 bits per heavy atom. The molecule has 0 N–H and O–H groups in total. The lowest BCUT2D eigenvalue weighted by molar-refractivity contribution is 0.254. The molecule has 0 fully saturated rings. The zero-order valence-corrected chi connectivity index (χ0v) is 16.3. The van der Waals surface area contributed by atoms with Crippen molar-refractivity contribution in [2.45, 2.75) is 40.3 Å². The highest BCUT2D eigenvalue weighted by atomic mass is 16.5. The van der Waals surface area contributed by atoms with Crippen molar-refractivity contribution in [1.29, 1.82) is 0 Å². The Labute approximate surface area is 160 Å². The minimum Gasteiger partial charge on any atom is -0.494 e. The molecule has 0 saturated carbocycles. The van der Waals surface area contributed by atoms with Gasteiger partial charge in [0.2, 0.25) is 0 Å². The van der Waals surface area contributed by atoms with Crippen LogP contribution in [0.4, 0.5) is 0 Å². The van der Waals surface area contributed by atoms with Crippen molar-refractivity contribution in [3.63, 3.8) is 0 Å². The predicted molar refractivity (Wildman–Crippen MR) is 108 cm³/mol. The summed E-state index contributed by atoms with van der Waals surface area (Å²) in [6, 6.07) is 13.7. The van der Waals surface area contributed by atoms with Crippen molar-refractivity contribution in [2.75, 3.05) is 13.2 Å². The van der Waals surface area contributed by atoms with Gasteiger partial charge in [-0.15, -0.1) is 0 Å². The third-order valence-corrected chi connectivity index (χ3v) is 4.51. The van der Waals surface area contributed by atoms with E-state index in [1.54, 1.807) is 16.7 Å². The second kappa shape index (κ2) is 8.82. The monoisotopic (exact) mass is 365 g/mol. The van der Waals surface area contributed by atoms with E-state index in [0.717, 1.165) is 42.2 Å². The molecule has 0 aliphatic rings. The smallest absolute Gasteiger partial charge is 0.258 e. The molecule has 0 aliphatic heterocycles. The third kappa shape index (κ3) is 4.74. The van der Waals surface area contributed by atoms with Crippen molar-refractivity contribution in [2.24, 2.45) is 0 Å². The van der Waals surface area contributed by atoms with Crippen LogP contribution >= 0.6 is 0 Å². The molecule has 0 unspecified atom stereocenters. The van der Waals surface area contributed by atoms with E-state index in [9.17, 15) is 4.79 Å². The zero-order chi connectivity index (χ0) is 19.2. The molecule has 0 radical (unpaired) electrons. The number of ether oxygens (including phenoxy) is 1. The first-order valence-corrected chi connectivity index (χ1v) is 9.52. The number of benzene rings is 1. The lowest BCUT2D eigenvalue weighted by Crippen LogP contribution is -2.26. The Hall–Kier alpha value is -2.66. The summed E-state index contributed by atoms with van der Waals surface area (Å²) in [4.78, 5) is 19.5. The largest absolute Gasteiger partial charge is 0.494 e. The molecule has 0 spiro atoms. The highest BCUT2D eigenvalue weighted by Gasteiger charge is 2.10. The molecule has 3 aromatic rings. The van der Waals surface area contributed by atoms with Crippen molar-refractivity contribution < 1.29 is 4.74 Å². The highest BCUT2D eigenvalue weighted by Crippen LogP contribution is 2.15. The summed E-state index contributed by atoms with van der Waals surface area (Å²) in [6.45, 7) is 9.22. The summed E-state index contributed by atoms with van der Waals surface area (Å²) < 4.78 is 7.12. The minimum atomic E-state index is -0.0313. The third-order valence-electron chi connectivity index (χ3n) is 4.51. The number of pyridine rings is 1. The second-order valence-corrected chi connectivity index (χ2v) is 6.76. The van der Waals surface area contributed by atoms with E-state index in [0.29, 0.717) is 13.2 Å². The molecule has 0 aliphatic carbocycles. The molecule has 2 aromatic heterocycles. The van der Waals surface area contributed by atoms with Crippen molar-refractivity contribution in [1.82, 2.24) is 14.3 Å². The minimum absolute atomic E-state index is 0.0313. The zero-order valence-electron chi connectivity index (χ0n) is 16.3. The summed E-state index contributed by atoms with van der Waals surface area (Å²) in [5, 5.41) is 0. The van der Waals surface area contributed by atoms with Gasteiger partial charge in [0.15, 0.2) is 0 Å². The quantitative estimate of drug-likeness (QED) is 0.609. The molecule has 5 nitrogen and oxygen atoms in total. The van der Waals surface area contributed by atoms with E-state index in [1.807, 2.05) is 38.1 Å². The number of hydrogen-bond acceptors (Lipinski definition) is 4. The van der Waals surface area contributed by atoms with Gasteiger partial charge in [-0.1, -0.05) is 25.1 Å². The average Bonchev–Trinajstić information content (AvgIpc) is 2.65. The van der Waals surface area contributed by atoms with E-state index in [-0.39, 0.29) is 5.56 Å². The molecule has 3 rings (SSSR count). The van der Waals surface area contributed by atoms with E-state index in [2.05, 4.69) is 24.0 Å². The van der Waals surface area contributed by atoms with Crippen LogP contribution in [0, 0.1) is 6.92 Å². The number of fused-ring (bicyclic) bond motifs is 1. The van der Waals surface area contributed by atoms with Crippen LogP contribution in [-0.2, 0) is 13.1 Å². The van der Waals surface area contributed by atoms with E-state index < -0.39 is 0 Å². The average molecular weight is 365 g/mol. The fourth-order valence-electron chi connectivity index (χ4n) is 3.27. The second-order valence-electron chi connectivity index (χ2n) is 6.76. The van der Waals surface area contributed by atoms with Crippen molar-refractivity contribution in [3.05, 3.63) is 75.8 Å². The first-order valence-electron chi connectivity index (χ1n) is 9.52. The number of rotatable bonds is 8. The molecular formula is C22H27N3O2. The van der Waals surface area contributed by atoms with Gasteiger partial charge in [0.05, 0.1) is 12.3 Å². The first kappa shape index (κ1) is 19.1. The summed E-state index contributed by atoms with van der Waals surface area (Å²) in [6.07, 6.45) is 2.81. The fraction of sp³-hybridized carbons (Fsp3) is 0.364. The maximum Gasteiger partial charge on any atom is 0.258 e. The molecular weight excluding hydrogens is 338 g/mol. The molecule has 1 aromatic carbocycles. The maximum atomic E-state index is 12.4. The molecule has 27 heavy (non-hydrogen) atoms. The van der Waals surface area contributed by atoms with Crippen molar-refractivity contribution >= 4 is 5.65 Å². The van der Waals surface area contributed by atoms with E-state index in [4.69, 9.17) is 9.72 Å². The normalized spacial score (nSPS) is 11.3. The van der Waals surface area contributed by atoms with Gasteiger partial charge in [-0.2, -0.15) is 0 Å². The predicted octanol–water partition coefficient (Wildman–Crippen LogP) is 3.81. The summed E-state index contributed by atoms with van der Waals surface area (Å²) in [7, 11) is 0. The van der Waals surface area contributed by atoms with Crippen LogP contribution in [0.15, 0.2) is 53.5 Å². The van der Waals surface area contributed by atoms with Gasteiger partial charge in [-0.3, -0.25) is 14.1 Å². The summed E-state index contributed by atoms with van der Waals surface area (Å²) >= 11 is 0. The van der Waals surface area contributed by atoms with Crippen LogP contribution < -0.4 is 10.3 Å². The Morgan fingerprint density at radius 2 is 1.89 bits per heavy atom. The topological polar surface area (TPSA) is 46.8 Å². The maximum absolute atomic E-state index is 12.4. The van der Waals surface area contributed by atoms with Crippen molar-refractivity contribution in [3.8, 4) is 5.75 Å². The van der Waals surface area contributed by atoms with Crippen LogP contribution in [0.2, 0.25) is 0 Å². The molecule has 2 heterocycles. The number of hydrogen-bond donors (Lipinski definition) is 0. The van der Waals surface area contributed by atoms with Crippen LogP contribution in [0.5, 0.6) is 5.75 Å². The molecule has 0 atom stereocenters. The molecule has 0 amide bonds. The summed E-state index contributed by atoms with van der Waals surface area (Å²) in [5.74, 6) is 0.892. The van der Waals surface area contributed by atoms with Gasteiger partial charge < -0.3 is 4.74 Å². The first-order chi connectivity index (χ1) is 13.1. The van der Waals surface area contributed by atoms with Gasteiger partial charge in [0.25, 0.3) is 5.56 Å². The number of aryl methyl sites for hydroxylation is 1. The van der Waals surface area contributed by atoms with Crippen LogP contribution in [0.3, 0.4) is 0 Å².